The Kier molecular flexibility index (Phi) is 4.11. The van der Waals surface area contributed by atoms with E-state index in [2.05, 4.69) is 15.7 Å². The fourth-order valence-corrected chi connectivity index (χ4v) is 2.12. The number of carbonyl (C=O) groups excluding carboxylic acids is 1. The normalized spacial score (nSPS) is 23.4. The van der Waals surface area contributed by atoms with E-state index in [4.69, 9.17) is 5.84 Å². The maximum absolute atomic E-state index is 12.0. The van der Waals surface area contributed by atoms with Crippen LogP contribution in [0.4, 0.5) is 5.82 Å². The molecule has 5 N–H and O–H groups in total. The highest BCUT2D eigenvalue weighted by atomic mass is 16.3. The summed E-state index contributed by atoms with van der Waals surface area (Å²) in [5, 5.41) is 12.3. The summed E-state index contributed by atoms with van der Waals surface area (Å²) in [7, 11) is 0. The molecule has 0 bridgehead atoms. The number of carbonyl (C=O) groups is 1. The van der Waals surface area contributed by atoms with Crippen molar-refractivity contribution in [2.75, 3.05) is 5.43 Å². The van der Waals surface area contributed by atoms with Gasteiger partial charge >= 0.3 is 0 Å². The Balaban J connectivity index is 1.94. The number of aromatic nitrogens is 1. The molecule has 98 valence electrons. The second-order valence-corrected chi connectivity index (χ2v) is 4.53. The van der Waals surface area contributed by atoms with Crippen LogP contribution in [-0.4, -0.2) is 28.1 Å². The lowest BCUT2D eigenvalue weighted by Gasteiger charge is -2.26. The molecule has 1 aliphatic rings. The lowest BCUT2D eigenvalue weighted by Crippen LogP contribution is -2.38. The van der Waals surface area contributed by atoms with Crippen molar-refractivity contribution in [3.05, 3.63) is 23.9 Å². The molecule has 1 aromatic rings. The minimum Gasteiger partial charge on any atom is -0.393 e. The number of amides is 1. The van der Waals surface area contributed by atoms with Gasteiger partial charge in [-0.05, 0) is 37.8 Å². The zero-order chi connectivity index (χ0) is 13.0. The lowest BCUT2D eigenvalue weighted by molar-refractivity contribution is 0.0863. The van der Waals surface area contributed by atoms with E-state index in [9.17, 15) is 9.90 Å². The Morgan fingerprint density at radius 1 is 1.33 bits per heavy atom. The molecular formula is C12H18N4O2. The Morgan fingerprint density at radius 3 is 2.72 bits per heavy atom. The summed E-state index contributed by atoms with van der Waals surface area (Å²) < 4.78 is 0. The van der Waals surface area contributed by atoms with Crippen LogP contribution in [-0.2, 0) is 0 Å². The average molecular weight is 250 g/mol. The van der Waals surface area contributed by atoms with Crippen LogP contribution in [0.25, 0.3) is 0 Å². The van der Waals surface area contributed by atoms with Gasteiger partial charge in [-0.25, -0.2) is 10.8 Å². The molecule has 0 aliphatic heterocycles. The van der Waals surface area contributed by atoms with Gasteiger partial charge in [-0.3, -0.25) is 4.79 Å². The molecule has 1 amide bonds. The zero-order valence-corrected chi connectivity index (χ0v) is 10.1. The smallest absolute Gasteiger partial charge is 0.270 e. The molecule has 1 aliphatic carbocycles. The van der Waals surface area contributed by atoms with Crippen LogP contribution < -0.4 is 16.6 Å². The fraction of sp³-hybridized carbons (Fsp3) is 0.500. The molecule has 1 fully saturated rings. The molecule has 0 saturated heterocycles. The van der Waals surface area contributed by atoms with Crippen LogP contribution in [0.3, 0.4) is 0 Å². The van der Waals surface area contributed by atoms with E-state index in [-0.39, 0.29) is 18.1 Å². The standard InChI is InChI=1S/C12H18N4O2/c13-16-11-3-1-2-10(15-11)12(18)14-8-4-6-9(17)7-5-8/h1-3,8-9,17H,4-7,13H2,(H,14,18)(H,15,16). The summed E-state index contributed by atoms with van der Waals surface area (Å²) in [6.45, 7) is 0. The number of aliphatic hydroxyl groups excluding tert-OH is 1. The summed E-state index contributed by atoms with van der Waals surface area (Å²) in [6, 6.07) is 5.18. The first-order chi connectivity index (χ1) is 8.69. The van der Waals surface area contributed by atoms with E-state index in [1.807, 2.05) is 0 Å². The maximum Gasteiger partial charge on any atom is 0.270 e. The highest BCUT2D eigenvalue weighted by molar-refractivity contribution is 5.92. The highest BCUT2D eigenvalue weighted by Gasteiger charge is 2.21. The molecule has 1 aromatic heterocycles. The molecule has 1 heterocycles. The molecule has 6 heteroatoms. The van der Waals surface area contributed by atoms with Gasteiger partial charge in [-0.15, -0.1) is 0 Å². The third kappa shape index (κ3) is 3.18. The van der Waals surface area contributed by atoms with E-state index in [0.29, 0.717) is 11.5 Å². The van der Waals surface area contributed by atoms with Crippen LogP contribution >= 0.6 is 0 Å². The third-order valence-corrected chi connectivity index (χ3v) is 3.16. The Morgan fingerprint density at radius 2 is 2.06 bits per heavy atom. The second kappa shape index (κ2) is 5.79. The molecule has 2 rings (SSSR count). The first-order valence-corrected chi connectivity index (χ1v) is 6.11. The summed E-state index contributed by atoms with van der Waals surface area (Å²) in [4.78, 5) is 16.0. The summed E-state index contributed by atoms with van der Waals surface area (Å²) in [6.07, 6.45) is 2.87. The minimum atomic E-state index is -0.221. The molecule has 0 spiro atoms. The number of aliphatic hydroxyl groups is 1. The number of rotatable bonds is 3. The lowest BCUT2D eigenvalue weighted by atomic mass is 9.93. The highest BCUT2D eigenvalue weighted by Crippen LogP contribution is 2.18. The van der Waals surface area contributed by atoms with Gasteiger partial charge in [0.2, 0.25) is 0 Å². The molecule has 0 aromatic carbocycles. The topological polar surface area (TPSA) is 100 Å². The minimum absolute atomic E-state index is 0.122. The van der Waals surface area contributed by atoms with Crippen molar-refractivity contribution in [1.29, 1.82) is 0 Å². The number of nitrogens with two attached hydrogens (primary N) is 1. The van der Waals surface area contributed by atoms with Gasteiger partial charge in [0.25, 0.3) is 5.91 Å². The number of pyridine rings is 1. The van der Waals surface area contributed by atoms with E-state index < -0.39 is 0 Å². The van der Waals surface area contributed by atoms with Crippen LogP contribution in [0, 0.1) is 0 Å². The SMILES string of the molecule is NNc1cccc(C(=O)NC2CCC(O)CC2)n1. The summed E-state index contributed by atoms with van der Waals surface area (Å²) in [5.74, 6) is 5.51. The average Bonchev–Trinajstić information content (AvgIpc) is 2.41. The maximum atomic E-state index is 12.0. The van der Waals surface area contributed by atoms with E-state index >= 15 is 0 Å². The first-order valence-electron chi connectivity index (χ1n) is 6.11. The van der Waals surface area contributed by atoms with Gasteiger partial charge in [0, 0.05) is 6.04 Å². The van der Waals surface area contributed by atoms with Crippen molar-refractivity contribution in [3.8, 4) is 0 Å². The predicted molar refractivity (Wildman–Crippen MR) is 67.8 cm³/mol. The van der Waals surface area contributed by atoms with E-state index in [0.717, 1.165) is 25.7 Å². The van der Waals surface area contributed by atoms with Gasteiger partial charge in [-0.1, -0.05) is 6.07 Å². The molecule has 18 heavy (non-hydrogen) atoms. The first kappa shape index (κ1) is 12.8. The van der Waals surface area contributed by atoms with Crippen LogP contribution in [0.5, 0.6) is 0 Å². The van der Waals surface area contributed by atoms with Crippen molar-refractivity contribution >= 4 is 11.7 Å². The summed E-state index contributed by atoms with van der Waals surface area (Å²) >= 11 is 0. The Labute approximate surface area is 106 Å². The van der Waals surface area contributed by atoms with Gasteiger partial charge < -0.3 is 15.8 Å². The Bertz CT molecular complexity index is 416. The zero-order valence-electron chi connectivity index (χ0n) is 10.1. The van der Waals surface area contributed by atoms with Crippen LogP contribution in [0.1, 0.15) is 36.2 Å². The molecule has 0 unspecified atom stereocenters. The third-order valence-electron chi connectivity index (χ3n) is 3.16. The number of nitrogens with zero attached hydrogens (tertiary/aromatic N) is 1. The van der Waals surface area contributed by atoms with Gasteiger partial charge in [0.15, 0.2) is 0 Å². The monoisotopic (exact) mass is 250 g/mol. The number of nitrogens with one attached hydrogen (secondary N) is 2. The molecule has 1 saturated carbocycles. The summed E-state index contributed by atoms with van der Waals surface area (Å²) in [5.41, 5.74) is 2.75. The number of hydrogen-bond donors (Lipinski definition) is 4. The predicted octanol–water partition coefficient (Wildman–Crippen LogP) is 0.400. The van der Waals surface area contributed by atoms with Crippen molar-refractivity contribution in [3.63, 3.8) is 0 Å². The number of hydrazine groups is 1. The number of hydrogen-bond acceptors (Lipinski definition) is 5. The number of nitrogen functional groups attached to an aromatic ring is 1. The largest absolute Gasteiger partial charge is 0.393 e. The fourth-order valence-electron chi connectivity index (χ4n) is 2.12. The Hall–Kier alpha value is -1.66. The van der Waals surface area contributed by atoms with Crippen LogP contribution in [0.15, 0.2) is 18.2 Å². The van der Waals surface area contributed by atoms with Gasteiger partial charge in [0.1, 0.15) is 11.5 Å². The van der Waals surface area contributed by atoms with Gasteiger partial charge in [-0.2, -0.15) is 0 Å². The van der Waals surface area contributed by atoms with E-state index in [1.54, 1.807) is 18.2 Å². The van der Waals surface area contributed by atoms with Crippen molar-refractivity contribution in [1.82, 2.24) is 10.3 Å². The molecule has 6 nitrogen and oxygen atoms in total. The van der Waals surface area contributed by atoms with Crippen molar-refractivity contribution in [2.24, 2.45) is 5.84 Å². The van der Waals surface area contributed by atoms with Gasteiger partial charge in [0.05, 0.1) is 6.10 Å². The van der Waals surface area contributed by atoms with Crippen molar-refractivity contribution < 1.29 is 9.90 Å². The van der Waals surface area contributed by atoms with Crippen molar-refractivity contribution in [2.45, 2.75) is 37.8 Å². The quantitative estimate of drug-likeness (QED) is 0.459. The molecule has 0 atom stereocenters. The molecule has 0 radical (unpaired) electrons. The molecular weight excluding hydrogens is 232 g/mol. The van der Waals surface area contributed by atoms with E-state index in [1.165, 1.54) is 0 Å². The second-order valence-electron chi connectivity index (χ2n) is 4.53. The number of anilines is 1. The van der Waals surface area contributed by atoms with Crippen LogP contribution in [0.2, 0.25) is 0 Å².